The van der Waals surface area contributed by atoms with E-state index in [9.17, 15) is 0 Å². The number of nitrogens with zero attached hydrogens (tertiary/aromatic N) is 2. The summed E-state index contributed by atoms with van der Waals surface area (Å²) in [6.45, 7) is 1.29. The lowest BCUT2D eigenvalue weighted by molar-refractivity contribution is -0.0443. The summed E-state index contributed by atoms with van der Waals surface area (Å²) < 4.78 is 10.8. The second-order valence-corrected chi connectivity index (χ2v) is 3.77. The predicted molar refractivity (Wildman–Crippen MR) is 62.1 cm³/mol. The lowest BCUT2D eigenvalue weighted by Crippen LogP contribution is -1.99. The third-order valence-electron chi connectivity index (χ3n) is 2.61. The Kier molecular flexibility index (Phi) is 2.81. The van der Waals surface area contributed by atoms with E-state index in [-0.39, 0.29) is 6.29 Å². The van der Waals surface area contributed by atoms with Crippen LogP contribution in [0.5, 0.6) is 0 Å². The van der Waals surface area contributed by atoms with Gasteiger partial charge in [0.15, 0.2) is 6.29 Å². The molecule has 0 atom stereocenters. The summed E-state index contributed by atoms with van der Waals surface area (Å²) in [7, 11) is 0. The van der Waals surface area contributed by atoms with Crippen LogP contribution in [-0.4, -0.2) is 23.2 Å². The van der Waals surface area contributed by atoms with E-state index in [2.05, 4.69) is 9.97 Å². The van der Waals surface area contributed by atoms with Crippen molar-refractivity contribution in [1.82, 2.24) is 9.97 Å². The summed E-state index contributed by atoms with van der Waals surface area (Å²) in [4.78, 5) is 8.62. The van der Waals surface area contributed by atoms with Crippen molar-refractivity contribution in [2.45, 2.75) is 6.29 Å². The lowest BCUT2D eigenvalue weighted by Gasteiger charge is -2.08. The van der Waals surface area contributed by atoms with E-state index in [1.54, 1.807) is 12.4 Å². The Morgan fingerprint density at radius 1 is 0.941 bits per heavy atom. The van der Waals surface area contributed by atoms with Crippen LogP contribution >= 0.6 is 0 Å². The molecule has 0 N–H and O–H groups in total. The van der Waals surface area contributed by atoms with Crippen molar-refractivity contribution < 1.29 is 9.47 Å². The maximum atomic E-state index is 5.41. The number of rotatable bonds is 2. The number of pyridine rings is 2. The van der Waals surface area contributed by atoms with Crippen LogP contribution < -0.4 is 0 Å². The molecule has 2 aromatic heterocycles. The van der Waals surface area contributed by atoms with Crippen molar-refractivity contribution in [3.05, 3.63) is 48.3 Å². The minimum absolute atomic E-state index is 0.264. The highest BCUT2D eigenvalue weighted by Crippen LogP contribution is 2.23. The third-order valence-corrected chi connectivity index (χ3v) is 2.61. The molecule has 4 nitrogen and oxygen atoms in total. The molecule has 1 saturated heterocycles. The lowest BCUT2D eigenvalue weighted by atomic mass is 10.2. The third kappa shape index (κ3) is 2.18. The minimum atomic E-state index is -0.264. The fourth-order valence-electron chi connectivity index (χ4n) is 1.76. The van der Waals surface area contributed by atoms with E-state index in [0.29, 0.717) is 13.2 Å². The normalized spacial score (nSPS) is 16.2. The highest BCUT2D eigenvalue weighted by atomic mass is 16.7. The second-order valence-electron chi connectivity index (χ2n) is 3.77. The predicted octanol–water partition coefficient (Wildman–Crippen LogP) is 2.19. The zero-order valence-electron chi connectivity index (χ0n) is 9.24. The Balaban J connectivity index is 1.85. The zero-order valence-corrected chi connectivity index (χ0v) is 9.24. The van der Waals surface area contributed by atoms with Crippen LogP contribution in [0.25, 0.3) is 11.4 Å². The van der Waals surface area contributed by atoms with Crippen molar-refractivity contribution in [1.29, 1.82) is 0 Å². The van der Waals surface area contributed by atoms with Crippen molar-refractivity contribution in [3.63, 3.8) is 0 Å². The van der Waals surface area contributed by atoms with Gasteiger partial charge < -0.3 is 9.47 Å². The van der Waals surface area contributed by atoms with E-state index in [1.165, 1.54) is 0 Å². The molecule has 0 saturated carbocycles. The summed E-state index contributed by atoms with van der Waals surface area (Å²) >= 11 is 0. The molecule has 86 valence electrons. The zero-order chi connectivity index (χ0) is 11.5. The standard InChI is InChI=1S/C13H12N2O2/c1-2-6-14-11(3-1)12-5-4-10(9-15-12)13-16-7-8-17-13/h1-6,9,13H,7-8H2. The molecule has 3 rings (SSSR count). The van der Waals surface area contributed by atoms with Crippen molar-refractivity contribution >= 4 is 0 Å². The van der Waals surface area contributed by atoms with Crippen molar-refractivity contribution in [2.75, 3.05) is 13.2 Å². The molecule has 17 heavy (non-hydrogen) atoms. The van der Waals surface area contributed by atoms with Crippen molar-refractivity contribution in [3.8, 4) is 11.4 Å². The van der Waals surface area contributed by atoms with Crippen LogP contribution in [0.15, 0.2) is 42.7 Å². The Hall–Kier alpha value is -1.78. The Morgan fingerprint density at radius 2 is 1.76 bits per heavy atom. The fraction of sp³-hybridized carbons (Fsp3) is 0.231. The van der Waals surface area contributed by atoms with Gasteiger partial charge in [0.05, 0.1) is 24.6 Å². The van der Waals surface area contributed by atoms with Crippen LogP contribution in [0.3, 0.4) is 0 Å². The molecule has 4 heteroatoms. The molecule has 0 spiro atoms. The molecule has 0 amide bonds. The van der Waals surface area contributed by atoms with Gasteiger partial charge in [-0.15, -0.1) is 0 Å². The molecule has 1 aliphatic rings. The first-order chi connectivity index (χ1) is 8.43. The summed E-state index contributed by atoms with van der Waals surface area (Å²) in [6.07, 6.45) is 3.27. The highest BCUT2D eigenvalue weighted by molar-refractivity contribution is 5.53. The fourth-order valence-corrected chi connectivity index (χ4v) is 1.76. The molecule has 1 fully saturated rings. The summed E-state index contributed by atoms with van der Waals surface area (Å²) in [6, 6.07) is 9.67. The maximum absolute atomic E-state index is 5.41. The summed E-state index contributed by atoms with van der Waals surface area (Å²) in [5.41, 5.74) is 2.67. The first kappa shape index (κ1) is 10.4. The van der Waals surface area contributed by atoms with Crippen LogP contribution in [-0.2, 0) is 9.47 Å². The van der Waals surface area contributed by atoms with Crippen LogP contribution in [0.2, 0.25) is 0 Å². The topological polar surface area (TPSA) is 44.2 Å². The van der Waals surface area contributed by atoms with Gasteiger partial charge in [0, 0.05) is 18.0 Å². The smallest absolute Gasteiger partial charge is 0.185 e. The van der Waals surface area contributed by atoms with E-state index in [0.717, 1.165) is 17.0 Å². The molecule has 0 unspecified atom stereocenters. The maximum Gasteiger partial charge on any atom is 0.185 e. The van der Waals surface area contributed by atoms with E-state index in [4.69, 9.17) is 9.47 Å². The number of hydrogen-bond acceptors (Lipinski definition) is 4. The molecular formula is C13H12N2O2. The van der Waals surface area contributed by atoms with Crippen LogP contribution in [0.4, 0.5) is 0 Å². The number of aromatic nitrogens is 2. The SMILES string of the molecule is c1ccc(-c2ccc(C3OCCO3)cn2)nc1. The second kappa shape index (κ2) is 4.61. The minimum Gasteiger partial charge on any atom is -0.346 e. The van der Waals surface area contributed by atoms with Crippen LogP contribution in [0, 0.1) is 0 Å². The first-order valence-electron chi connectivity index (χ1n) is 5.54. The van der Waals surface area contributed by atoms with E-state index < -0.39 is 0 Å². The first-order valence-corrected chi connectivity index (χ1v) is 5.54. The molecule has 2 aromatic rings. The van der Waals surface area contributed by atoms with Gasteiger partial charge in [-0.25, -0.2) is 0 Å². The van der Waals surface area contributed by atoms with Gasteiger partial charge in [0.1, 0.15) is 0 Å². The molecule has 0 radical (unpaired) electrons. The van der Waals surface area contributed by atoms with Gasteiger partial charge in [0.2, 0.25) is 0 Å². The van der Waals surface area contributed by atoms with E-state index in [1.807, 2.05) is 30.3 Å². The van der Waals surface area contributed by atoms with Gasteiger partial charge in [-0.05, 0) is 18.2 Å². The summed E-state index contributed by atoms with van der Waals surface area (Å²) in [5, 5.41) is 0. The quantitative estimate of drug-likeness (QED) is 0.790. The van der Waals surface area contributed by atoms with Gasteiger partial charge in [-0.1, -0.05) is 12.1 Å². The van der Waals surface area contributed by atoms with Gasteiger partial charge in [-0.2, -0.15) is 0 Å². The Labute approximate surface area is 99.2 Å². The molecular weight excluding hydrogens is 216 g/mol. The number of hydrogen-bond donors (Lipinski definition) is 0. The average molecular weight is 228 g/mol. The summed E-state index contributed by atoms with van der Waals surface area (Å²) in [5.74, 6) is 0. The Bertz CT molecular complexity index is 479. The van der Waals surface area contributed by atoms with Crippen molar-refractivity contribution in [2.24, 2.45) is 0 Å². The molecule has 0 aromatic carbocycles. The molecule has 0 aliphatic carbocycles. The average Bonchev–Trinajstić information content (AvgIpc) is 2.94. The number of ether oxygens (including phenoxy) is 2. The molecule has 0 bridgehead atoms. The molecule has 1 aliphatic heterocycles. The monoisotopic (exact) mass is 228 g/mol. The molecule has 3 heterocycles. The van der Waals surface area contributed by atoms with Crippen LogP contribution in [0.1, 0.15) is 11.9 Å². The van der Waals surface area contributed by atoms with E-state index >= 15 is 0 Å². The van der Waals surface area contributed by atoms with Gasteiger partial charge in [0.25, 0.3) is 0 Å². The highest BCUT2D eigenvalue weighted by Gasteiger charge is 2.18. The largest absolute Gasteiger partial charge is 0.346 e. The van der Waals surface area contributed by atoms with Gasteiger partial charge >= 0.3 is 0 Å². The van der Waals surface area contributed by atoms with Gasteiger partial charge in [-0.3, -0.25) is 9.97 Å². The Morgan fingerprint density at radius 3 is 2.41 bits per heavy atom.